The Labute approximate surface area is 116 Å². The molecule has 5 heteroatoms. The van der Waals surface area contributed by atoms with Crippen LogP contribution in [-0.4, -0.2) is 16.6 Å². The van der Waals surface area contributed by atoms with Crippen molar-refractivity contribution in [1.82, 2.24) is 10.3 Å². The Kier molecular flexibility index (Phi) is 4.66. The van der Waals surface area contributed by atoms with E-state index in [4.69, 9.17) is 12.2 Å². The maximum Gasteiger partial charge on any atom is 0.170 e. The molecule has 0 saturated heterocycles. The molecule has 0 atom stereocenters. The van der Waals surface area contributed by atoms with Crippen molar-refractivity contribution in [2.24, 2.45) is 0 Å². The van der Waals surface area contributed by atoms with Crippen molar-refractivity contribution < 1.29 is 0 Å². The highest BCUT2D eigenvalue weighted by Gasteiger charge is 1.99. The van der Waals surface area contributed by atoms with Crippen LogP contribution in [-0.2, 0) is 6.42 Å². The minimum Gasteiger partial charge on any atom is -0.362 e. The van der Waals surface area contributed by atoms with E-state index in [1.807, 2.05) is 37.3 Å². The fourth-order valence-corrected chi connectivity index (χ4v) is 2.39. The number of anilines is 1. The second-order valence-corrected chi connectivity index (χ2v) is 5.33. The minimum absolute atomic E-state index is 0.646. The molecule has 3 nitrogen and oxygen atoms in total. The predicted molar refractivity (Wildman–Crippen MR) is 81.2 cm³/mol. The van der Waals surface area contributed by atoms with E-state index in [2.05, 4.69) is 21.0 Å². The third kappa shape index (κ3) is 4.09. The van der Waals surface area contributed by atoms with Crippen molar-refractivity contribution in [2.75, 3.05) is 11.9 Å². The summed E-state index contributed by atoms with van der Waals surface area (Å²) in [6.45, 7) is 2.81. The zero-order valence-corrected chi connectivity index (χ0v) is 11.8. The number of benzene rings is 1. The van der Waals surface area contributed by atoms with Gasteiger partial charge in [0.15, 0.2) is 5.11 Å². The van der Waals surface area contributed by atoms with Gasteiger partial charge in [-0.1, -0.05) is 18.2 Å². The van der Waals surface area contributed by atoms with E-state index in [-0.39, 0.29) is 0 Å². The molecule has 94 valence electrons. The molecule has 0 spiro atoms. The zero-order valence-electron chi connectivity index (χ0n) is 10.1. The summed E-state index contributed by atoms with van der Waals surface area (Å²) in [5.41, 5.74) is 2.12. The molecule has 0 fully saturated rings. The van der Waals surface area contributed by atoms with Gasteiger partial charge in [0.25, 0.3) is 0 Å². The smallest absolute Gasteiger partial charge is 0.170 e. The quantitative estimate of drug-likeness (QED) is 0.843. The van der Waals surface area contributed by atoms with Gasteiger partial charge in [-0.3, -0.25) is 0 Å². The van der Waals surface area contributed by atoms with Crippen LogP contribution in [0.15, 0.2) is 35.7 Å². The first-order chi connectivity index (χ1) is 8.74. The highest BCUT2D eigenvalue weighted by molar-refractivity contribution is 7.80. The topological polar surface area (TPSA) is 37.0 Å². The maximum absolute atomic E-state index is 5.22. The summed E-state index contributed by atoms with van der Waals surface area (Å²) in [4.78, 5) is 4.41. The van der Waals surface area contributed by atoms with E-state index in [0.29, 0.717) is 5.11 Å². The van der Waals surface area contributed by atoms with E-state index < -0.39 is 0 Å². The van der Waals surface area contributed by atoms with Gasteiger partial charge in [0.2, 0.25) is 0 Å². The van der Waals surface area contributed by atoms with Crippen LogP contribution in [0.25, 0.3) is 0 Å². The van der Waals surface area contributed by atoms with Crippen LogP contribution >= 0.6 is 23.6 Å². The highest BCUT2D eigenvalue weighted by Crippen LogP contribution is 2.08. The van der Waals surface area contributed by atoms with Gasteiger partial charge >= 0.3 is 0 Å². The van der Waals surface area contributed by atoms with Crippen LogP contribution in [0, 0.1) is 6.92 Å². The Bertz CT molecular complexity index is 508. The summed E-state index contributed by atoms with van der Waals surface area (Å²) in [6, 6.07) is 9.90. The molecule has 1 aromatic heterocycles. The SMILES string of the molecule is Cc1nc(CCNC(=S)Nc2ccccc2)cs1. The molecule has 0 saturated carbocycles. The Morgan fingerprint density at radius 2 is 2.11 bits per heavy atom. The summed E-state index contributed by atoms with van der Waals surface area (Å²) in [6.07, 6.45) is 0.890. The molecule has 0 amide bonds. The van der Waals surface area contributed by atoms with Crippen LogP contribution in [0.3, 0.4) is 0 Å². The zero-order chi connectivity index (χ0) is 12.8. The van der Waals surface area contributed by atoms with E-state index >= 15 is 0 Å². The van der Waals surface area contributed by atoms with Crippen molar-refractivity contribution in [1.29, 1.82) is 0 Å². The number of para-hydroxylation sites is 1. The molecule has 0 unspecified atom stereocenters. The third-order valence-electron chi connectivity index (χ3n) is 2.36. The maximum atomic E-state index is 5.22. The summed E-state index contributed by atoms with van der Waals surface area (Å²) in [5, 5.41) is 10.2. The molecule has 1 aromatic carbocycles. The van der Waals surface area contributed by atoms with E-state index in [1.54, 1.807) is 11.3 Å². The van der Waals surface area contributed by atoms with Crippen LogP contribution < -0.4 is 10.6 Å². The van der Waals surface area contributed by atoms with Crippen molar-refractivity contribution in [2.45, 2.75) is 13.3 Å². The molecule has 0 aliphatic heterocycles. The van der Waals surface area contributed by atoms with Crippen molar-refractivity contribution in [3.63, 3.8) is 0 Å². The lowest BCUT2D eigenvalue weighted by Gasteiger charge is -2.09. The molecule has 2 rings (SSSR count). The first-order valence-electron chi connectivity index (χ1n) is 5.75. The normalized spacial score (nSPS) is 10.1. The molecule has 2 N–H and O–H groups in total. The van der Waals surface area contributed by atoms with Crippen LogP contribution in [0.4, 0.5) is 5.69 Å². The number of rotatable bonds is 4. The summed E-state index contributed by atoms with van der Waals surface area (Å²) < 4.78 is 0. The van der Waals surface area contributed by atoms with Gasteiger partial charge in [0, 0.05) is 24.0 Å². The largest absolute Gasteiger partial charge is 0.362 e. The molecular weight excluding hydrogens is 262 g/mol. The second-order valence-electron chi connectivity index (χ2n) is 3.85. The van der Waals surface area contributed by atoms with Gasteiger partial charge in [-0.25, -0.2) is 4.98 Å². The van der Waals surface area contributed by atoms with Crippen molar-refractivity contribution in [3.05, 3.63) is 46.4 Å². The number of hydrogen-bond acceptors (Lipinski definition) is 3. The number of thiazole rings is 1. The fourth-order valence-electron chi connectivity index (χ4n) is 1.52. The number of nitrogens with zero attached hydrogens (tertiary/aromatic N) is 1. The van der Waals surface area contributed by atoms with Crippen LogP contribution in [0.2, 0.25) is 0 Å². The first kappa shape index (κ1) is 13.0. The summed E-state index contributed by atoms with van der Waals surface area (Å²) >= 11 is 6.90. The number of hydrogen-bond donors (Lipinski definition) is 2. The van der Waals surface area contributed by atoms with Gasteiger partial charge in [-0.15, -0.1) is 11.3 Å². The summed E-state index contributed by atoms with van der Waals surface area (Å²) in [7, 11) is 0. The number of thiocarbonyl (C=S) groups is 1. The highest BCUT2D eigenvalue weighted by atomic mass is 32.1. The Morgan fingerprint density at radius 1 is 1.33 bits per heavy atom. The van der Waals surface area contributed by atoms with E-state index in [9.17, 15) is 0 Å². The van der Waals surface area contributed by atoms with Crippen molar-refractivity contribution >= 4 is 34.4 Å². The first-order valence-corrected chi connectivity index (χ1v) is 7.04. The third-order valence-corrected chi connectivity index (χ3v) is 3.43. The average molecular weight is 277 g/mol. The van der Waals surface area contributed by atoms with Crippen molar-refractivity contribution in [3.8, 4) is 0 Å². The standard InChI is InChI=1S/C13H15N3S2/c1-10-15-12(9-18-10)7-8-14-13(17)16-11-5-3-2-4-6-11/h2-6,9H,7-8H2,1H3,(H2,14,16,17). The molecule has 2 aromatic rings. The fraction of sp³-hybridized carbons (Fsp3) is 0.231. The molecule has 0 aliphatic carbocycles. The summed E-state index contributed by atoms with van der Waals surface area (Å²) in [5.74, 6) is 0. The second kappa shape index (κ2) is 6.47. The lowest BCUT2D eigenvalue weighted by Crippen LogP contribution is -2.30. The lowest BCUT2D eigenvalue weighted by atomic mass is 10.3. The monoisotopic (exact) mass is 277 g/mol. The Balaban J connectivity index is 1.72. The van der Waals surface area contributed by atoms with Gasteiger partial charge < -0.3 is 10.6 Å². The number of aryl methyl sites for hydroxylation is 1. The van der Waals surface area contributed by atoms with Gasteiger partial charge in [-0.05, 0) is 31.3 Å². The Morgan fingerprint density at radius 3 is 2.78 bits per heavy atom. The molecule has 1 heterocycles. The van der Waals surface area contributed by atoms with E-state index in [1.165, 1.54) is 0 Å². The van der Waals surface area contributed by atoms with Gasteiger partial charge in [0.1, 0.15) is 0 Å². The molecule has 18 heavy (non-hydrogen) atoms. The average Bonchev–Trinajstić information content (AvgIpc) is 2.76. The molecular formula is C13H15N3S2. The number of aromatic nitrogens is 1. The van der Waals surface area contributed by atoms with Gasteiger partial charge in [-0.2, -0.15) is 0 Å². The minimum atomic E-state index is 0.646. The van der Waals surface area contributed by atoms with Crippen LogP contribution in [0.1, 0.15) is 10.7 Å². The predicted octanol–water partition coefficient (Wildman–Crippen LogP) is 2.98. The molecule has 0 radical (unpaired) electrons. The van der Waals surface area contributed by atoms with Gasteiger partial charge in [0.05, 0.1) is 10.7 Å². The Hall–Kier alpha value is -1.46. The number of nitrogens with one attached hydrogen (secondary N) is 2. The molecule has 0 bridgehead atoms. The van der Waals surface area contributed by atoms with Crippen LogP contribution in [0.5, 0.6) is 0 Å². The molecule has 0 aliphatic rings. The van der Waals surface area contributed by atoms with E-state index in [0.717, 1.165) is 29.4 Å². The lowest BCUT2D eigenvalue weighted by molar-refractivity contribution is 0.851.